The third-order valence-electron chi connectivity index (χ3n) is 4.56. The first-order chi connectivity index (χ1) is 13.2. The zero-order valence-corrected chi connectivity index (χ0v) is 15.9. The molecule has 1 fully saturated rings. The molecule has 0 aliphatic carbocycles. The lowest BCUT2D eigenvalue weighted by atomic mass is 10.1. The van der Waals surface area contributed by atoms with Gasteiger partial charge in [0.1, 0.15) is 29.9 Å². The van der Waals surface area contributed by atoms with Crippen LogP contribution in [0, 0.1) is 11.6 Å². The van der Waals surface area contributed by atoms with E-state index in [9.17, 15) is 33.7 Å². The third kappa shape index (κ3) is 3.80. The molecule has 11 heteroatoms. The minimum atomic E-state index is -1.51. The van der Waals surface area contributed by atoms with Crippen LogP contribution in [0.2, 0.25) is 0 Å². The van der Waals surface area contributed by atoms with Crippen LogP contribution in [0.15, 0.2) is 38.5 Å². The zero-order chi connectivity index (χ0) is 20.6. The summed E-state index contributed by atoms with van der Waals surface area (Å²) in [7, 11) is 0. The van der Waals surface area contributed by atoms with Gasteiger partial charge in [-0.1, -0.05) is 6.07 Å². The van der Waals surface area contributed by atoms with E-state index in [-0.39, 0.29) is 23.0 Å². The summed E-state index contributed by atoms with van der Waals surface area (Å²) in [5, 5.41) is 29.2. The van der Waals surface area contributed by atoms with Crippen molar-refractivity contribution in [1.82, 2.24) is 9.13 Å². The molecule has 0 spiro atoms. The predicted octanol–water partition coefficient (Wildman–Crippen LogP) is -0.0951. The van der Waals surface area contributed by atoms with Gasteiger partial charge in [0.25, 0.3) is 5.56 Å². The Bertz CT molecular complexity index is 995. The van der Waals surface area contributed by atoms with Crippen molar-refractivity contribution in [3.8, 4) is 0 Å². The highest BCUT2D eigenvalue weighted by molar-refractivity contribution is 9.10. The monoisotopic (exact) mass is 462 g/mol. The lowest BCUT2D eigenvalue weighted by Crippen LogP contribution is -2.44. The van der Waals surface area contributed by atoms with E-state index in [4.69, 9.17) is 4.74 Å². The molecule has 8 nitrogen and oxygen atoms in total. The van der Waals surface area contributed by atoms with E-state index in [1.165, 1.54) is 6.07 Å². The van der Waals surface area contributed by atoms with Crippen LogP contribution < -0.4 is 11.2 Å². The minimum Gasteiger partial charge on any atom is -0.394 e. The van der Waals surface area contributed by atoms with Gasteiger partial charge in [-0.15, -0.1) is 0 Å². The van der Waals surface area contributed by atoms with Gasteiger partial charge in [0.15, 0.2) is 6.23 Å². The Kier molecular flexibility index (Phi) is 6.10. The quantitative estimate of drug-likeness (QED) is 0.571. The zero-order valence-electron chi connectivity index (χ0n) is 14.3. The highest BCUT2D eigenvalue weighted by Gasteiger charge is 2.44. The number of aryl methyl sites for hydroxylation is 1. The molecule has 1 saturated heterocycles. The fourth-order valence-electron chi connectivity index (χ4n) is 3.03. The Labute approximate surface area is 165 Å². The number of hydrogen-bond donors (Lipinski definition) is 3. The molecule has 0 radical (unpaired) electrons. The van der Waals surface area contributed by atoms with Crippen LogP contribution >= 0.6 is 15.9 Å². The van der Waals surface area contributed by atoms with Crippen LogP contribution in [0.25, 0.3) is 0 Å². The molecule has 2 aromatic rings. The second-order valence-corrected chi connectivity index (χ2v) is 7.19. The highest BCUT2D eigenvalue weighted by atomic mass is 79.9. The van der Waals surface area contributed by atoms with Crippen molar-refractivity contribution >= 4 is 15.9 Å². The maximum absolute atomic E-state index is 13.8. The van der Waals surface area contributed by atoms with E-state index in [1.807, 2.05) is 0 Å². The predicted molar refractivity (Wildman–Crippen MR) is 95.7 cm³/mol. The molecule has 0 amide bonds. The molecule has 0 bridgehead atoms. The van der Waals surface area contributed by atoms with Crippen molar-refractivity contribution in [2.45, 2.75) is 37.5 Å². The number of ether oxygens (including phenoxy) is 1. The summed E-state index contributed by atoms with van der Waals surface area (Å²) >= 11 is 3.03. The van der Waals surface area contributed by atoms with E-state index in [1.54, 1.807) is 0 Å². The van der Waals surface area contributed by atoms with Crippen LogP contribution in [-0.4, -0.2) is 49.4 Å². The van der Waals surface area contributed by atoms with Gasteiger partial charge in [0.2, 0.25) is 0 Å². The molecule has 28 heavy (non-hydrogen) atoms. The maximum atomic E-state index is 13.8. The molecule has 3 rings (SSSR count). The number of nitrogens with zero attached hydrogens (tertiary/aromatic N) is 2. The first-order valence-electron chi connectivity index (χ1n) is 8.32. The third-order valence-corrected chi connectivity index (χ3v) is 5.11. The SMILES string of the molecule is O=c1c(Br)cn([C@@H]2O[C@H](CO)C(O)C2O)c(=O)n1CCc1ccc(F)cc1F. The van der Waals surface area contributed by atoms with E-state index < -0.39 is 54.0 Å². The Balaban J connectivity index is 1.94. The summed E-state index contributed by atoms with van der Waals surface area (Å²) in [5.41, 5.74) is -1.42. The van der Waals surface area contributed by atoms with E-state index >= 15 is 0 Å². The van der Waals surface area contributed by atoms with Crippen LogP contribution in [0.3, 0.4) is 0 Å². The van der Waals surface area contributed by atoms with Crippen molar-refractivity contribution < 1.29 is 28.8 Å². The summed E-state index contributed by atoms with van der Waals surface area (Å²) < 4.78 is 33.8. The summed E-state index contributed by atoms with van der Waals surface area (Å²) in [6.45, 7) is -0.789. The van der Waals surface area contributed by atoms with E-state index in [0.717, 1.165) is 21.4 Å². The number of aliphatic hydroxyl groups excluding tert-OH is 3. The van der Waals surface area contributed by atoms with Crippen LogP contribution in [0.5, 0.6) is 0 Å². The van der Waals surface area contributed by atoms with Crippen molar-refractivity contribution in [3.63, 3.8) is 0 Å². The van der Waals surface area contributed by atoms with Crippen LogP contribution in [0.1, 0.15) is 11.8 Å². The van der Waals surface area contributed by atoms with Gasteiger partial charge in [-0.2, -0.15) is 0 Å². The second-order valence-electron chi connectivity index (χ2n) is 6.34. The number of rotatable bonds is 5. The summed E-state index contributed by atoms with van der Waals surface area (Å²) in [6, 6.07) is 2.99. The van der Waals surface area contributed by atoms with Crippen molar-refractivity contribution in [3.05, 3.63) is 66.9 Å². The fraction of sp³-hybridized carbons (Fsp3) is 0.412. The van der Waals surface area contributed by atoms with Crippen molar-refractivity contribution in [2.75, 3.05) is 6.61 Å². The number of aliphatic hydroxyl groups is 3. The largest absolute Gasteiger partial charge is 0.394 e. The average Bonchev–Trinajstić information content (AvgIpc) is 2.94. The van der Waals surface area contributed by atoms with Gasteiger partial charge in [-0.05, 0) is 34.0 Å². The normalized spacial score (nSPS) is 24.6. The molecule has 3 N–H and O–H groups in total. The molecule has 1 aliphatic rings. The lowest BCUT2D eigenvalue weighted by Gasteiger charge is -2.19. The first-order valence-corrected chi connectivity index (χ1v) is 9.11. The molecule has 152 valence electrons. The maximum Gasteiger partial charge on any atom is 0.333 e. The number of aromatic nitrogens is 2. The number of hydrogen-bond acceptors (Lipinski definition) is 6. The molecule has 2 heterocycles. The Morgan fingerprint density at radius 1 is 1.18 bits per heavy atom. The standard InChI is InChI=1S/C17H17BrF2N2O6/c18-10-6-22(16-14(25)13(24)12(7-23)28-16)17(27)21(15(10)26)4-3-8-1-2-9(19)5-11(8)20/h1-2,5-6,12-14,16,23-25H,3-4,7H2/t12-,13?,14?,16-/m1/s1. The Hall–Kier alpha value is -1.92. The smallest absolute Gasteiger partial charge is 0.333 e. The van der Waals surface area contributed by atoms with Gasteiger partial charge in [0, 0.05) is 18.8 Å². The van der Waals surface area contributed by atoms with Gasteiger partial charge in [-0.3, -0.25) is 13.9 Å². The molecule has 0 saturated carbocycles. The second kappa shape index (κ2) is 8.21. The van der Waals surface area contributed by atoms with Crippen LogP contribution in [-0.2, 0) is 17.7 Å². The average molecular weight is 463 g/mol. The van der Waals surface area contributed by atoms with Crippen LogP contribution in [0.4, 0.5) is 8.78 Å². The highest BCUT2D eigenvalue weighted by Crippen LogP contribution is 2.28. The number of halogens is 3. The van der Waals surface area contributed by atoms with Gasteiger partial charge in [0.05, 0.1) is 11.1 Å². The minimum absolute atomic E-state index is 0.0237. The molecule has 2 unspecified atom stereocenters. The van der Waals surface area contributed by atoms with E-state index in [0.29, 0.717) is 6.07 Å². The topological polar surface area (TPSA) is 114 Å². The molecule has 1 aliphatic heterocycles. The molecule has 4 atom stereocenters. The first kappa shape index (κ1) is 20.8. The summed E-state index contributed by atoms with van der Waals surface area (Å²) in [5.74, 6) is -1.54. The fourth-order valence-corrected chi connectivity index (χ4v) is 3.47. The van der Waals surface area contributed by atoms with Gasteiger partial charge in [-0.25, -0.2) is 13.6 Å². The van der Waals surface area contributed by atoms with Gasteiger partial charge >= 0.3 is 5.69 Å². The molecule has 1 aromatic carbocycles. The van der Waals surface area contributed by atoms with E-state index in [2.05, 4.69) is 15.9 Å². The Morgan fingerprint density at radius 2 is 1.89 bits per heavy atom. The van der Waals surface area contributed by atoms with Crippen molar-refractivity contribution in [2.24, 2.45) is 0 Å². The number of benzene rings is 1. The Morgan fingerprint density at radius 3 is 2.50 bits per heavy atom. The molecular formula is C17H17BrF2N2O6. The molecule has 1 aromatic heterocycles. The lowest BCUT2D eigenvalue weighted by molar-refractivity contribution is -0.0557. The molecular weight excluding hydrogens is 446 g/mol. The summed E-state index contributed by atoms with van der Waals surface area (Å²) in [6.07, 6.45) is -4.31. The van der Waals surface area contributed by atoms with Gasteiger partial charge < -0.3 is 20.1 Å². The van der Waals surface area contributed by atoms with Crippen molar-refractivity contribution in [1.29, 1.82) is 0 Å². The summed E-state index contributed by atoms with van der Waals surface area (Å²) in [4.78, 5) is 25.1.